The van der Waals surface area contributed by atoms with Crippen LogP contribution in [0, 0.1) is 38.5 Å². The number of aromatic nitrogens is 3. The Labute approximate surface area is 486 Å². The minimum atomic E-state index is -0.482. The molecule has 0 aliphatic rings. The van der Waals surface area contributed by atoms with Crippen LogP contribution in [0.5, 0.6) is 0 Å². The highest BCUT2D eigenvalue weighted by molar-refractivity contribution is 6.64. The van der Waals surface area contributed by atoms with Crippen molar-refractivity contribution >= 4 is 40.3 Å². The molecular formula is C67H97ClN8O4. The Balaban J connectivity index is 0.000000373. The molecule has 0 atom stereocenters. The van der Waals surface area contributed by atoms with Crippen LogP contribution in [-0.4, -0.2) is 37.7 Å². The van der Waals surface area contributed by atoms with Gasteiger partial charge in [-0.15, -0.1) is 10.2 Å². The maximum absolute atomic E-state index is 11.7. The smallest absolute Gasteiger partial charge is 0.269 e. The fourth-order valence-corrected chi connectivity index (χ4v) is 8.18. The standard InChI is InChI=1S/C27H37N3.C14H23N.C13H18N2O2.C7H8N2O.C6H11ClO/c1-7-9-10-12-15-22-18-20(3)24(21(4)19-22)30-25(23-16-13-11-14-17-23)28-29-26(30)27(5,6)8-2;1-4-5-6-7-8-13-9-11(2)14(15)12(3)10-13;1-4-13(2,3)12(17)15-14-11(16)10-8-6-5-7-9-10;8-9-7(10)6-4-2-1-3-5-6;1-4-6(2,3)5(7)8/h11,13-14,16-19H,7-10,12,15H2,1-6H3;9-10H,4-8,15H2,1-3H3;5-9H,4H2,1-3H3,(H,14,16)(H,15,17);1-5H,8H2,(H,9,10);4H2,1-3H3. The molecule has 0 spiro atoms. The molecule has 0 bridgehead atoms. The molecule has 0 aliphatic heterocycles. The maximum atomic E-state index is 11.7. The van der Waals surface area contributed by atoms with Crippen molar-refractivity contribution in [2.75, 3.05) is 5.73 Å². The summed E-state index contributed by atoms with van der Waals surface area (Å²) in [6.07, 6.45) is 15.4. The molecule has 7 N–H and O–H groups in total. The Morgan fingerprint density at radius 2 is 0.963 bits per heavy atom. The predicted molar refractivity (Wildman–Crippen MR) is 335 cm³/mol. The number of rotatable bonds is 20. The predicted octanol–water partition coefficient (Wildman–Crippen LogP) is 15.7. The molecule has 0 radical (unpaired) electrons. The first-order valence-electron chi connectivity index (χ1n) is 28.7. The lowest BCUT2D eigenvalue weighted by Crippen LogP contribution is -2.47. The highest BCUT2D eigenvalue weighted by atomic mass is 35.5. The first kappa shape index (κ1) is 69.5. The van der Waals surface area contributed by atoms with E-state index in [1.165, 1.54) is 96.9 Å². The van der Waals surface area contributed by atoms with Crippen LogP contribution in [0.1, 0.15) is 207 Å². The molecule has 0 unspecified atom stereocenters. The van der Waals surface area contributed by atoms with E-state index in [1.807, 2.05) is 65.2 Å². The van der Waals surface area contributed by atoms with Gasteiger partial charge in [-0.2, -0.15) is 0 Å². The molecule has 12 nitrogen and oxygen atoms in total. The zero-order chi connectivity index (χ0) is 60.1. The van der Waals surface area contributed by atoms with Gasteiger partial charge in [0.1, 0.15) is 5.82 Å². The second kappa shape index (κ2) is 35.2. The summed E-state index contributed by atoms with van der Waals surface area (Å²) in [7, 11) is 0. The summed E-state index contributed by atoms with van der Waals surface area (Å²) in [6, 6.07) is 37.2. The molecule has 5 aromatic carbocycles. The van der Waals surface area contributed by atoms with Crippen LogP contribution in [0.3, 0.4) is 0 Å². The Morgan fingerprint density at radius 3 is 1.35 bits per heavy atom. The third-order valence-electron chi connectivity index (χ3n) is 14.7. The number of hydrogen-bond acceptors (Lipinski definition) is 8. The zero-order valence-electron chi connectivity index (χ0n) is 51.2. The van der Waals surface area contributed by atoms with Gasteiger partial charge < -0.3 is 5.73 Å². The van der Waals surface area contributed by atoms with E-state index < -0.39 is 5.41 Å². The van der Waals surface area contributed by atoms with Gasteiger partial charge in [0.25, 0.3) is 11.8 Å². The zero-order valence-corrected chi connectivity index (χ0v) is 51.9. The van der Waals surface area contributed by atoms with Gasteiger partial charge in [0.05, 0.1) is 5.69 Å². The van der Waals surface area contributed by atoms with Crippen LogP contribution < -0.4 is 27.9 Å². The van der Waals surface area contributed by atoms with E-state index in [1.54, 1.807) is 48.5 Å². The summed E-state index contributed by atoms with van der Waals surface area (Å²) in [6.45, 7) is 31.1. The average molecular weight is 1110 g/mol. The minimum absolute atomic E-state index is 0.0578. The lowest BCUT2D eigenvalue weighted by Gasteiger charge is -2.25. The van der Waals surface area contributed by atoms with Gasteiger partial charge >= 0.3 is 0 Å². The highest BCUT2D eigenvalue weighted by Crippen LogP contribution is 2.35. The Kier molecular flexibility index (Phi) is 30.5. The van der Waals surface area contributed by atoms with E-state index in [0.29, 0.717) is 17.5 Å². The number of hydrogen-bond donors (Lipinski definition) is 5. The maximum Gasteiger partial charge on any atom is 0.269 e. The number of nitrogens with two attached hydrogens (primary N) is 2. The van der Waals surface area contributed by atoms with E-state index in [0.717, 1.165) is 42.2 Å². The number of nitrogen functional groups attached to an aromatic ring is 2. The van der Waals surface area contributed by atoms with Gasteiger partial charge in [0, 0.05) is 38.6 Å². The van der Waals surface area contributed by atoms with Crippen molar-refractivity contribution in [3.05, 3.63) is 166 Å². The number of halogens is 1. The lowest BCUT2D eigenvalue weighted by atomic mass is 9.88. The molecule has 6 rings (SSSR count). The van der Waals surface area contributed by atoms with Crippen molar-refractivity contribution in [1.29, 1.82) is 0 Å². The van der Waals surface area contributed by atoms with Gasteiger partial charge in [0.2, 0.25) is 11.1 Å². The number of amides is 3. The summed E-state index contributed by atoms with van der Waals surface area (Å²) in [5.41, 5.74) is 24.2. The number of aryl methyl sites for hydroxylation is 6. The van der Waals surface area contributed by atoms with Crippen molar-refractivity contribution in [2.24, 2.45) is 16.7 Å². The van der Waals surface area contributed by atoms with Gasteiger partial charge in [-0.1, -0.05) is 206 Å². The van der Waals surface area contributed by atoms with Gasteiger partial charge in [-0.25, -0.2) is 5.84 Å². The second-order valence-electron chi connectivity index (χ2n) is 22.5. The van der Waals surface area contributed by atoms with Crippen molar-refractivity contribution in [1.82, 2.24) is 31.0 Å². The quantitative estimate of drug-likeness (QED) is 0.0125. The van der Waals surface area contributed by atoms with Gasteiger partial charge in [0.15, 0.2) is 5.82 Å². The van der Waals surface area contributed by atoms with Crippen LogP contribution >= 0.6 is 11.6 Å². The Morgan fingerprint density at radius 1 is 0.537 bits per heavy atom. The number of hydrazine groups is 2. The molecule has 13 heteroatoms. The van der Waals surface area contributed by atoms with Gasteiger partial charge in [-0.05, 0) is 142 Å². The summed E-state index contributed by atoms with van der Waals surface area (Å²) >= 11 is 5.23. The van der Waals surface area contributed by atoms with E-state index >= 15 is 0 Å². The lowest BCUT2D eigenvalue weighted by molar-refractivity contribution is -0.130. The first-order valence-corrected chi connectivity index (χ1v) is 29.1. The van der Waals surface area contributed by atoms with Crippen LogP contribution in [0.4, 0.5) is 5.69 Å². The molecule has 6 aromatic rings. The Bertz CT molecular complexity index is 2760. The molecule has 0 saturated heterocycles. The fourth-order valence-electron chi connectivity index (χ4n) is 8.05. The van der Waals surface area contributed by atoms with Crippen molar-refractivity contribution in [3.63, 3.8) is 0 Å². The SMILES string of the molecule is CCC(C)(C)C(=O)Cl.CCC(C)(C)C(=O)NNC(=O)c1ccccc1.CCCCCCc1cc(C)c(-n2c(-c3ccccc3)nnc2C(C)(C)CC)c(C)c1.CCCCCCc1cc(C)c(N)c(C)c1.NNC(=O)c1ccccc1. The van der Waals surface area contributed by atoms with Gasteiger partial charge in [-0.3, -0.25) is 40.0 Å². The van der Waals surface area contributed by atoms with E-state index in [2.05, 4.69) is 131 Å². The molecule has 0 saturated carbocycles. The number of anilines is 1. The summed E-state index contributed by atoms with van der Waals surface area (Å²) < 4.78 is 2.31. The monoisotopic (exact) mass is 1110 g/mol. The van der Waals surface area contributed by atoms with E-state index in [4.69, 9.17) is 28.3 Å². The van der Waals surface area contributed by atoms with Crippen molar-refractivity contribution in [3.8, 4) is 17.1 Å². The molecule has 0 aliphatic carbocycles. The van der Waals surface area contributed by atoms with Crippen LogP contribution in [0.15, 0.2) is 115 Å². The normalized spacial score (nSPS) is 11.0. The third kappa shape index (κ3) is 22.8. The van der Waals surface area contributed by atoms with Crippen LogP contribution in [0.2, 0.25) is 0 Å². The molecule has 3 amide bonds. The van der Waals surface area contributed by atoms with Crippen LogP contribution in [-0.2, 0) is 27.8 Å². The summed E-state index contributed by atoms with van der Waals surface area (Å²) in [5.74, 6) is 6.09. The van der Waals surface area contributed by atoms with Crippen LogP contribution in [0.25, 0.3) is 17.1 Å². The molecule has 436 valence electrons. The topological polar surface area (TPSA) is 187 Å². The van der Waals surface area contributed by atoms with E-state index in [9.17, 15) is 19.2 Å². The third-order valence-corrected chi connectivity index (χ3v) is 15.2. The van der Waals surface area contributed by atoms with Crippen molar-refractivity contribution in [2.45, 2.75) is 193 Å². The summed E-state index contributed by atoms with van der Waals surface area (Å²) in [5, 5.41) is 9.11. The molecular weight excluding hydrogens is 1020 g/mol. The molecule has 80 heavy (non-hydrogen) atoms. The average Bonchev–Trinajstić information content (AvgIpc) is 3.90. The number of unbranched alkanes of at least 4 members (excludes halogenated alkanes) is 6. The Hall–Kier alpha value is -6.63. The first-order chi connectivity index (χ1) is 37.8. The summed E-state index contributed by atoms with van der Waals surface area (Å²) in [4.78, 5) is 44.6. The number of nitrogens with zero attached hydrogens (tertiary/aromatic N) is 3. The number of nitrogens with one attached hydrogen (secondary N) is 3. The fraction of sp³-hybridized carbons (Fsp3) is 0.463. The molecule has 1 aromatic heterocycles. The number of carbonyl (C=O) groups is 4. The second-order valence-corrected chi connectivity index (χ2v) is 22.8. The minimum Gasteiger partial charge on any atom is -0.398 e. The molecule has 1 heterocycles. The number of benzene rings is 5. The van der Waals surface area contributed by atoms with E-state index in [-0.39, 0.29) is 33.8 Å². The largest absolute Gasteiger partial charge is 0.398 e. The molecule has 0 fully saturated rings. The highest BCUT2D eigenvalue weighted by Gasteiger charge is 2.30. The number of carbonyl (C=O) groups excluding carboxylic acids is 4. The van der Waals surface area contributed by atoms with Crippen molar-refractivity contribution < 1.29 is 19.2 Å².